The standard InChI is InChI=1S/C13H26N2O2/c1-4-7-14-12(10-17-3)9-15-8-5-6-11(2)13(15)16/h11-12,14H,4-10H2,1-3H3. The number of piperidine rings is 1. The SMILES string of the molecule is CCCNC(COC)CN1CCCC(C)C1=O. The summed E-state index contributed by atoms with van der Waals surface area (Å²) in [5.41, 5.74) is 0. The van der Waals surface area contributed by atoms with Crippen LogP contribution in [-0.4, -0.2) is 50.2 Å². The Morgan fingerprint density at radius 1 is 1.59 bits per heavy atom. The lowest BCUT2D eigenvalue weighted by Crippen LogP contribution is -2.49. The number of likely N-dealkylation sites (tertiary alicyclic amines) is 1. The van der Waals surface area contributed by atoms with E-state index < -0.39 is 0 Å². The normalized spacial score (nSPS) is 22.9. The van der Waals surface area contributed by atoms with Gasteiger partial charge in [0.1, 0.15) is 0 Å². The number of rotatable bonds is 7. The van der Waals surface area contributed by atoms with Gasteiger partial charge in [-0.2, -0.15) is 0 Å². The highest BCUT2D eigenvalue weighted by atomic mass is 16.5. The van der Waals surface area contributed by atoms with Crippen molar-refractivity contribution in [2.24, 2.45) is 5.92 Å². The van der Waals surface area contributed by atoms with Gasteiger partial charge in [0.05, 0.1) is 6.61 Å². The van der Waals surface area contributed by atoms with Crippen LogP contribution in [0.4, 0.5) is 0 Å². The number of amides is 1. The van der Waals surface area contributed by atoms with Crippen LogP contribution in [-0.2, 0) is 9.53 Å². The minimum Gasteiger partial charge on any atom is -0.383 e. The first kappa shape index (κ1) is 14.5. The van der Waals surface area contributed by atoms with Gasteiger partial charge in [-0.25, -0.2) is 0 Å². The van der Waals surface area contributed by atoms with Crippen LogP contribution in [0.5, 0.6) is 0 Å². The number of nitrogens with zero attached hydrogens (tertiary/aromatic N) is 1. The Morgan fingerprint density at radius 3 is 3.00 bits per heavy atom. The molecule has 0 aliphatic carbocycles. The van der Waals surface area contributed by atoms with Crippen LogP contribution in [0.15, 0.2) is 0 Å². The zero-order valence-electron chi connectivity index (χ0n) is 11.4. The molecule has 17 heavy (non-hydrogen) atoms. The van der Waals surface area contributed by atoms with E-state index in [-0.39, 0.29) is 12.0 Å². The van der Waals surface area contributed by atoms with E-state index in [2.05, 4.69) is 12.2 Å². The van der Waals surface area contributed by atoms with Gasteiger partial charge in [0.25, 0.3) is 0 Å². The van der Waals surface area contributed by atoms with E-state index in [0.29, 0.717) is 12.5 Å². The number of hydrogen-bond acceptors (Lipinski definition) is 3. The first-order valence-electron chi connectivity index (χ1n) is 6.70. The molecule has 0 aromatic carbocycles. The Bertz CT molecular complexity index is 233. The maximum absolute atomic E-state index is 12.0. The maximum Gasteiger partial charge on any atom is 0.225 e. The largest absolute Gasteiger partial charge is 0.383 e. The van der Waals surface area contributed by atoms with Gasteiger partial charge in [0.15, 0.2) is 0 Å². The summed E-state index contributed by atoms with van der Waals surface area (Å²) in [6, 6.07) is 0.259. The third-order valence-electron chi connectivity index (χ3n) is 3.29. The first-order valence-corrected chi connectivity index (χ1v) is 6.70. The molecule has 2 atom stereocenters. The third kappa shape index (κ3) is 4.64. The lowest BCUT2D eigenvalue weighted by Gasteiger charge is -2.33. The van der Waals surface area contributed by atoms with Crippen LogP contribution >= 0.6 is 0 Å². The fourth-order valence-electron chi connectivity index (χ4n) is 2.31. The number of nitrogens with one attached hydrogen (secondary N) is 1. The molecule has 4 nitrogen and oxygen atoms in total. The van der Waals surface area contributed by atoms with Crippen molar-refractivity contribution < 1.29 is 9.53 Å². The topological polar surface area (TPSA) is 41.6 Å². The molecule has 0 radical (unpaired) electrons. The molecule has 1 heterocycles. The van der Waals surface area contributed by atoms with Crippen LogP contribution in [0.2, 0.25) is 0 Å². The highest BCUT2D eigenvalue weighted by Crippen LogP contribution is 2.17. The Morgan fingerprint density at radius 2 is 2.35 bits per heavy atom. The predicted octanol–water partition coefficient (Wildman–Crippen LogP) is 1.26. The Hall–Kier alpha value is -0.610. The number of carbonyl (C=O) groups is 1. The van der Waals surface area contributed by atoms with E-state index in [9.17, 15) is 4.79 Å². The molecule has 0 aromatic rings. The minimum atomic E-state index is 0.193. The van der Waals surface area contributed by atoms with Crippen molar-refractivity contribution in [2.45, 2.75) is 39.2 Å². The zero-order chi connectivity index (χ0) is 12.7. The molecule has 2 unspecified atom stereocenters. The van der Waals surface area contributed by atoms with Gasteiger partial charge in [-0.15, -0.1) is 0 Å². The molecular weight excluding hydrogens is 216 g/mol. The summed E-state index contributed by atoms with van der Waals surface area (Å²) in [5.74, 6) is 0.494. The lowest BCUT2D eigenvalue weighted by atomic mass is 9.99. The van der Waals surface area contributed by atoms with Crippen molar-refractivity contribution in [3.05, 3.63) is 0 Å². The van der Waals surface area contributed by atoms with Crippen molar-refractivity contribution >= 4 is 5.91 Å². The highest BCUT2D eigenvalue weighted by Gasteiger charge is 2.26. The second kappa shape index (κ2) is 7.67. The lowest BCUT2D eigenvalue weighted by molar-refractivity contribution is -0.138. The monoisotopic (exact) mass is 242 g/mol. The van der Waals surface area contributed by atoms with E-state index in [1.54, 1.807) is 7.11 Å². The maximum atomic E-state index is 12.0. The van der Waals surface area contributed by atoms with Crippen LogP contribution in [0.3, 0.4) is 0 Å². The van der Waals surface area contributed by atoms with Crippen LogP contribution in [0.1, 0.15) is 33.1 Å². The molecule has 0 aromatic heterocycles. The summed E-state index contributed by atoms with van der Waals surface area (Å²) >= 11 is 0. The fraction of sp³-hybridized carbons (Fsp3) is 0.923. The molecule has 1 rings (SSSR count). The molecule has 0 bridgehead atoms. The third-order valence-corrected chi connectivity index (χ3v) is 3.29. The number of hydrogen-bond donors (Lipinski definition) is 1. The fourth-order valence-corrected chi connectivity index (χ4v) is 2.31. The summed E-state index contributed by atoms with van der Waals surface area (Å²) < 4.78 is 5.20. The quantitative estimate of drug-likeness (QED) is 0.731. The summed E-state index contributed by atoms with van der Waals surface area (Å²) in [4.78, 5) is 14.0. The molecule has 1 aliphatic rings. The molecule has 1 saturated heterocycles. The molecule has 1 fully saturated rings. The molecule has 0 spiro atoms. The minimum absolute atomic E-state index is 0.193. The van der Waals surface area contributed by atoms with Crippen molar-refractivity contribution in [3.63, 3.8) is 0 Å². The van der Waals surface area contributed by atoms with Gasteiger partial charge in [0.2, 0.25) is 5.91 Å². The molecule has 100 valence electrons. The Kier molecular flexibility index (Phi) is 6.52. The van der Waals surface area contributed by atoms with E-state index in [4.69, 9.17) is 4.74 Å². The summed E-state index contributed by atoms with van der Waals surface area (Å²) in [7, 11) is 1.71. The number of carbonyl (C=O) groups excluding carboxylic acids is 1. The molecule has 1 N–H and O–H groups in total. The molecule has 1 amide bonds. The van der Waals surface area contributed by atoms with E-state index in [1.165, 1.54) is 0 Å². The van der Waals surface area contributed by atoms with Gasteiger partial charge in [0, 0.05) is 32.2 Å². The van der Waals surface area contributed by atoms with Gasteiger partial charge in [-0.05, 0) is 25.8 Å². The van der Waals surface area contributed by atoms with Crippen molar-refractivity contribution in [1.82, 2.24) is 10.2 Å². The van der Waals surface area contributed by atoms with Crippen LogP contribution < -0.4 is 5.32 Å². The second-order valence-corrected chi connectivity index (χ2v) is 4.93. The van der Waals surface area contributed by atoms with Gasteiger partial charge >= 0.3 is 0 Å². The van der Waals surface area contributed by atoms with Crippen molar-refractivity contribution in [3.8, 4) is 0 Å². The Labute approximate surface area is 105 Å². The molecule has 1 aliphatic heterocycles. The van der Waals surface area contributed by atoms with Crippen molar-refractivity contribution in [1.29, 1.82) is 0 Å². The average Bonchev–Trinajstić information content (AvgIpc) is 2.32. The molecule has 4 heteroatoms. The highest BCUT2D eigenvalue weighted by molar-refractivity contribution is 5.79. The summed E-state index contributed by atoms with van der Waals surface area (Å²) in [5, 5.41) is 3.43. The average molecular weight is 242 g/mol. The Balaban J connectivity index is 2.44. The first-order chi connectivity index (χ1) is 8.19. The number of methoxy groups -OCH3 is 1. The zero-order valence-corrected chi connectivity index (χ0v) is 11.4. The summed E-state index contributed by atoms with van der Waals surface area (Å²) in [6.45, 7) is 7.49. The van der Waals surface area contributed by atoms with Crippen LogP contribution in [0.25, 0.3) is 0 Å². The van der Waals surface area contributed by atoms with Gasteiger partial charge in [-0.1, -0.05) is 13.8 Å². The summed E-state index contributed by atoms with van der Waals surface area (Å²) in [6.07, 6.45) is 3.26. The van der Waals surface area contributed by atoms with Crippen molar-refractivity contribution in [2.75, 3.05) is 33.4 Å². The van der Waals surface area contributed by atoms with Gasteiger partial charge in [-0.3, -0.25) is 4.79 Å². The molecule has 0 saturated carbocycles. The van der Waals surface area contributed by atoms with Crippen LogP contribution in [0, 0.1) is 5.92 Å². The molecular formula is C13H26N2O2. The van der Waals surface area contributed by atoms with E-state index in [0.717, 1.165) is 38.9 Å². The van der Waals surface area contributed by atoms with E-state index in [1.807, 2.05) is 11.8 Å². The van der Waals surface area contributed by atoms with E-state index >= 15 is 0 Å². The number of ether oxygens (including phenoxy) is 1. The second-order valence-electron chi connectivity index (χ2n) is 4.93. The smallest absolute Gasteiger partial charge is 0.225 e. The predicted molar refractivity (Wildman–Crippen MR) is 68.9 cm³/mol. The van der Waals surface area contributed by atoms with Gasteiger partial charge < -0.3 is 15.0 Å².